The molecular weight excluding hydrogens is 600 g/mol. The van der Waals surface area contributed by atoms with E-state index in [4.69, 9.17) is 5.73 Å². The maximum absolute atomic E-state index is 12.6. The van der Waals surface area contributed by atoms with Crippen LogP contribution in [0.5, 0.6) is 0 Å². The molecule has 0 atom stereocenters. The van der Waals surface area contributed by atoms with E-state index in [9.17, 15) is 8.42 Å². The number of benzene rings is 1. The fourth-order valence-electron chi connectivity index (χ4n) is 2.60. The number of aromatic nitrogens is 5. The van der Waals surface area contributed by atoms with Crippen LogP contribution in [0.2, 0.25) is 19.6 Å². The Morgan fingerprint density at radius 2 is 1.59 bits per heavy atom. The summed E-state index contributed by atoms with van der Waals surface area (Å²) < 4.78 is 27.5. The van der Waals surface area contributed by atoms with E-state index in [1.807, 2.05) is 6.92 Å². The highest BCUT2D eigenvalue weighted by molar-refractivity contribution is 9.10. The number of aryl methyl sites for hydroxylation is 1. The topological polar surface area (TPSA) is 117 Å². The van der Waals surface area contributed by atoms with E-state index in [-0.39, 0.29) is 4.90 Å². The van der Waals surface area contributed by atoms with Crippen molar-refractivity contribution in [3.05, 3.63) is 69.4 Å². The van der Waals surface area contributed by atoms with Crippen molar-refractivity contribution in [1.29, 1.82) is 0 Å². The number of hydrogen-bond donors (Lipinski definition) is 1. The van der Waals surface area contributed by atoms with Gasteiger partial charge in [-0.3, -0.25) is 0 Å². The second kappa shape index (κ2) is 10.3. The molecule has 0 radical (unpaired) electrons. The van der Waals surface area contributed by atoms with Crippen molar-refractivity contribution in [3.63, 3.8) is 0 Å². The molecule has 0 spiro atoms. The standard InChI is InChI=1S/C13H10BrN3O2S.C9H12BrN3Si/c1-9-2-4-10(5-3-9)20(18,19)17-7-6-11-13(17)15-8-12(14)16-11;1-14(2,3)5-4-7-9(11)12-6-8(10)13-7/h2-8H,1H3;6H,1-3H3,(H2,11,12). The molecule has 1 aromatic carbocycles. The molecule has 3 heterocycles. The lowest BCUT2D eigenvalue weighted by Gasteiger charge is -2.07. The lowest BCUT2D eigenvalue weighted by molar-refractivity contribution is 0.588. The van der Waals surface area contributed by atoms with Crippen molar-refractivity contribution in [2.45, 2.75) is 31.5 Å². The van der Waals surface area contributed by atoms with Crippen molar-refractivity contribution in [2.75, 3.05) is 5.73 Å². The smallest absolute Gasteiger partial charge is 0.269 e. The van der Waals surface area contributed by atoms with Gasteiger partial charge in [-0.2, -0.15) is 0 Å². The van der Waals surface area contributed by atoms with Crippen molar-refractivity contribution < 1.29 is 8.42 Å². The average molecular weight is 622 g/mol. The van der Waals surface area contributed by atoms with Gasteiger partial charge in [0.05, 0.1) is 17.3 Å². The van der Waals surface area contributed by atoms with Gasteiger partial charge in [0, 0.05) is 6.20 Å². The van der Waals surface area contributed by atoms with Crippen molar-refractivity contribution in [2.24, 2.45) is 0 Å². The minimum absolute atomic E-state index is 0.227. The Kier molecular flexibility index (Phi) is 7.92. The molecule has 3 aromatic heterocycles. The first kappa shape index (κ1) is 26.0. The third-order valence-corrected chi connectivity index (χ3v) is 7.55. The first-order valence-corrected chi connectivity index (χ1v) is 16.5. The third-order valence-electron chi connectivity index (χ3n) is 4.23. The molecule has 0 aliphatic carbocycles. The number of nitrogen functional groups attached to an aromatic ring is 1. The summed E-state index contributed by atoms with van der Waals surface area (Å²) in [6.07, 6.45) is 4.50. The summed E-state index contributed by atoms with van der Waals surface area (Å²) in [6.45, 7) is 8.41. The van der Waals surface area contributed by atoms with Crippen molar-refractivity contribution in [3.8, 4) is 11.5 Å². The van der Waals surface area contributed by atoms with Crippen LogP contribution in [0.3, 0.4) is 0 Å². The van der Waals surface area contributed by atoms with E-state index in [2.05, 4.69) is 82.9 Å². The molecule has 8 nitrogen and oxygen atoms in total. The van der Waals surface area contributed by atoms with Crippen LogP contribution in [0.15, 0.2) is 63.0 Å². The van der Waals surface area contributed by atoms with Crippen LogP contribution in [-0.4, -0.2) is 40.4 Å². The highest BCUT2D eigenvalue weighted by Crippen LogP contribution is 2.21. The first-order valence-electron chi connectivity index (χ1n) is 10.00. The van der Waals surface area contributed by atoms with Gasteiger partial charge in [0.25, 0.3) is 10.0 Å². The van der Waals surface area contributed by atoms with Gasteiger partial charge in [0.2, 0.25) is 0 Å². The van der Waals surface area contributed by atoms with E-state index in [1.54, 1.807) is 36.5 Å². The van der Waals surface area contributed by atoms with Crippen LogP contribution in [-0.2, 0) is 10.0 Å². The quantitative estimate of drug-likeness (QED) is 0.253. The van der Waals surface area contributed by atoms with E-state index in [1.165, 1.54) is 12.4 Å². The molecule has 34 heavy (non-hydrogen) atoms. The molecule has 0 aliphatic heterocycles. The van der Waals surface area contributed by atoms with Crippen LogP contribution >= 0.6 is 31.9 Å². The van der Waals surface area contributed by atoms with Crippen LogP contribution in [0, 0.1) is 18.4 Å². The Morgan fingerprint density at radius 1 is 0.971 bits per heavy atom. The maximum Gasteiger partial charge on any atom is 0.269 e. The molecule has 0 amide bonds. The summed E-state index contributed by atoms with van der Waals surface area (Å²) in [6, 6.07) is 8.33. The van der Waals surface area contributed by atoms with Gasteiger partial charge >= 0.3 is 0 Å². The van der Waals surface area contributed by atoms with Crippen LogP contribution in [0.25, 0.3) is 11.2 Å². The predicted molar refractivity (Wildman–Crippen MR) is 143 cm³/mol. The van der Waals surface area contributed by atoms with Crippen molar-refractivity contribution >= 4 is 66.9 Å². The molecule has 0 bridgehead atoms. The number of nitrogens with two attached hydrogens (primary N) is 1. The van der Waals surface area contributed by atoms with Gasteiger partial charge in [-0.25, -0.2) is 32.3 Å². The number of anilines is 1. The monoisotopic (exact) mass is 620 g/mol. The van der Waals surface area contributed by atoms with Gasteiger partial charge < -0.3 is 5.73 Å². The highest BCUT2D eigenvalue weighted by atomic mass is 79.9. The Morgan fingerprint density at radius 3 is 2.24 bits per heavy atom. The fraction of sp³-hybridized carbons (Fsp3) is 0.182. The van der Waals surface area contributed by atoms with Gasteiger partial charge in [-0.1, -0.05) is 43.3 Å². The Labute approximate surface area is 216 Å². The molecule has 0 saturated heterocycles. The minimum atomic E-state index is -3.65. The second-order valence-electron chi connectivity index (χ2n) is 8.26. The zero-order chi connectivity index (χ0) is 25.1. The van der Waals surface area contributed by atoms with Gasteiger partial charge in [-0.05, 0) is 57.0 Å². The molecule has 0 saturated carbocycles. The zero-order valence-electron chi connectivity index (χ0n) is 18.9. The lowest BCUT2D eigenvalue weighted by atomic mass is 10.2. The minimum Gasteiger partial charge on any atom is -0.381 e. The molecule has 0 fully saturated rings. The molecule has 2 N–H and O–H groups in total. The summed E-state index contributed by atoms with van der Waals surface area (Å²) in [5.41, 5.74) is 11.2. The number of halogens is 2. The summed E-state index contributed by atoms with van der Waals surface area (Å²) in [4.78, 5) is 16.7. The number of nitrogens with zero attached hydrogens (tertiary/aromatic N) is 5. The normalized spacial score (nSPS) is 11.4. The largest absolute Gasteiger partial charge is 0.381 e. The maximum atomic E-state index is 12.6. The van der Waals surface area contributed by atoms with Crippen LogP contribution in [0.4, 0.5) is 5.82 Å². The number of rotatable bonds is 2. The molecule has 0 unspecified atom stereocenters. The lowest BCUT2D eigenvalue weighted by Crippen LogP contribution is -2.16. The number of fused-ring (bicyclic) bond motifs is 1. The van der Waals surface area contributed by atoms with Gasteiger partial charge in [-0.15, -0.1) is 5.54 Å². The Bertz CT molecular complexity index is 1500. The molecular formula is C22H22Br2N6O2SSi. The molecule has 176 valence electrons. The third kappa shape index (κ3) is 6.50. The highest BCUT2D eigenvalue weighted by Gasteiger charge is 2.20. The van der Waals surface area contributed by atoms with E-state index in [0.717, 1.165) is 9.54 Å². The Balaban J connectivity index is 0.000000204. The fourth-order valence-corrected chi connectivity index (χ4v) is 4.96. The molecule has 4 rings (SSSR count). The average Bonchev–Trinajstić information content (AvgIpc) is 3.18. The van der Waals surface area contributed by atoms with E-state index < -0.39 is 18.1 Å². The van der Waals surface area contributed by atoms with Crippen molar-refractivity contribution in [1.82, 2.24) is 23.9 Å². The second-order valence-corrected chi connectivity index (χ2v) is 16.4. The molecule has 12 heteroatoms. The van der Waals surface area contributed by atoms with Gasteiger partial charge in [0.1, 0.15) is 22.8 Å². The predicted octanol–water partition coefficient (Wildman–Crippen LogP) is 4.79. The van der Waals surface area contributed by atoms with E-state index in [0.29, 0.717) is 31.9 Å². The van der Waals surface area contributed by atoms with Crippen LogP contribution < -0.4 is 5.73 Å². The van der Waals surface area contributed by atoms with E-state index >= 15 is 0 Å². The number of hydrogen-bond acceptors (Lipinski definition) is 7. The summed E-state index contributed by atoms with van der Waals surface area (Å²) in [5, 5.41) is 0. The molecule has 4 aromatic rings. The zero-order valence-corrected chi connectivity index (χ0v) is 23.9. The molecule has 0 aliphatic rings. The van der Waals surface area contributed by atoms with Crippen LogP contribution in [0.1, 0.15) is 11.3 Å². The Hall–Kier alpha value is -2.59. The summed E-state index contributed by atoms with van der Waals surface area (Å²) >= 11 is 6.44. The first-order chi connectivity index (χ1) is 15.9. The SMILES string of the molecule is C[Si](C)(C)C#Cc1nc(Br)cnc1N.Cc1ccc(S(=O)(=O)n2ccc3nc(Br)cnc32)cc1. The summed E-state index contributed by atoms with van der Waals surface area (Å²) in [7, 11) is -5.03. The van der Waals surface area contributed by atoms with Gasteiger partial charge in [0.15, 0.2) is 17.2 Å². The summed E-state index contributed by atoms with van der Waals surface area (Å²) in [5.74, 6) is 3.36.